The van der Waals surface area contributed by atoms with Crippen molar-refractivity contribution < 1.29 is 4.79 Å². The number of carbonyl (C=O) groups is 1. The van der Waals surface area contributed by atoms with E-state index in [0.717, 1.165) is 21.7 Å². The van der Waals surface area contributed by atoms with Crippen molar-refractivity contribution in [2.75, 3.05) is 5.32 Å². The first-order valence-corrected chi connectivity index (χ1v) is 11.7. The molecule has 0 saturated heterocycles. The van der Waals surface area contributed by atoms with Gasteiger partial charge in [0.25, 0.3) is 11.5 Å². The van der Waals surface area contributed by atoms with Crippen molar-refractivity contribution in [1.29, 1.82) is 0 Å². The molecule has 0 spiro atoms. The monoisotopic (exact) mass is 470 g/mol. The van der Waals surface area contributed by atoms with Gasteiger partial charge in [0, 0.05) is 30.1 Å². The summed E-state index contributed by atoms with van der Waals surface area (Å²) in [5, 5.41) is 10.2. The molecule has 4 aromatic heterocycles. The number of carbonyl (C=O) groups excluding carboxylic acids is 1. The molecule has 1 amide bonds. The Balaban J connectivity index is 1.54. The molecule has 0 fully saturated rings. The van der Waals surface area contributed by atoms with Crippen molar-refractivity contribution >= 4 is 34.0 Å². The molecule has 0 aliphatic heterocycles. The number of hydrogen-bond acceptors (Lipinski definition) is 6. The van der Waals surface area contributed by atoms with Crippen molar-refractivity contribution in [2.24, 2.45) is 7.05 Å². The first-order chi connectivity index (χ1) is 16.4. The van der Waals surface area contributed by atoms with Gasteiger partial charge in [0.1, 0.15) is 5.82 Å². The standard InChI is InChI=1S/C25H22N6O2S/c1-4-16-12-21(32)29-23(26-16)15-7-5-8-17(11-15)27-25(33)18-13-19(20-9-6-10-34-20)28-24-22(18)14(2)30-31(24)3/h5-13H,4H2,1-3H3,(H,27,33)(H,26,29,32). The predicted molar refractivity (Wildman–Crippen MR) is 134 cm³/mol. The zero-order chi connectivity index (χ0) is 23.8. The summed E-state index contributed by atoms with van der Waals surface area (Å²) in [6.07, 6.45) is 0.655. The number of anilines is 1. The number of fused-ring (bicyclic) bond motifs is 1. The normalized spacial score (nSPS) is 11.1. The van der Waals surface area contributed by atoms with E-state index in [-0.39, 0.29) is 11.5 Å². The van der Waals surface area contributed by atoms with Crippen LogP contribution in [0, 0.1) is 6.92 Å². The van der Waals surface area contributed by atoms with Gasteiger partial charge in [-0.25, -0.2) is 9.97 Å². The van der Waals surface area contributed by atoms with Gasteiger partial charge in [0.2, 0.25) is 0 Å². The van der Waals surface area contributed by atoms with Crippen LogP contribution in [0.25, 0.3) is 33.0 Å². The quantitative estimate of drug-likeness (QED) is 0.391. The summed E-state index contributed by atoms with van der Waals surface area (Å²) in [7, 11) is 1.82. The number of rotatable bonds is 5. The Hall–Kier alpha value is -4.11. The maximum Gasteiger partial charge on any atom is 0.256 e. The van der Waals surface area contributed by atoms with E-state index in [4.69, 9.17) is 4.98 Å². The largest absolute Gasteiger partial charge is 0.322 e. The second-order valence-electron chi connectivity index (χ2n) is 7.91. The highest BCUT2D eigenvalue weighted by Crippen LogP contribution is 2.30. The number of aromatic nitrogens is 5. The van der Waals surface area contributed by atoms with E-state index < -0.39 is 0 Å². The average molecular weight is 471 g/mol. The van der Waals surface area contributed by atoms with Crippen LogP contribution in [0.3, 0.4) is 0 Å². The van der Waals surface area contributed by atoms with Gasteiger partial charge < -0.3 is 10.3 Å². The molecule has 0 unspecified atom stereocenters. The molecule has 1 aromatic carbocycles. The number of aryl methyl sites for hydroxylation is 3. The Morgan fingerprint density at radius 3 is 2.76 bits per heavy atom. The number of H-pyrrole nitrogens is 1. The Labute approximate surface area is 199 Å². The Kier molecular flexibility index (Phi) is 5.54. The van der Waals surface area contributed by atoms with E-state index in [0.29, 0.717) is 40.4 Å². The molecular formula is C25H22N6O2S. The number of nitrogens with one attached hydrogen (secondary N) is 2. The minimum Gasteiger partial charge on any atom is -0.322 e. The minimum atomic E-state index is -0.262. The maximum absolute atomic E-state index is 13.5. The molecule has 8 nitrogen and oxygen atoms in total. The van der Waals surface area contributed by atoms with Crippen LogP contribution < -0.4 is 10.9 Å². The average Bonchev–Trinajstić information content (AvgIpc) is 3.47. The molecule has 0 bridgehead atoms. The first-order valence-electron chi connectivity index (χ1n) is 10.8. The molecule has 0 saturated carbocycles. The van der Waals surface area contributed by atoms with Crippen LogP contribution in [0.1, 0.15) is 28.7 Å². The van der Waals surface area contributed by atoms with Crippen LogP contribution in [0.5, 0.6) is 0 Å². The summed E-state index contributed by atoms with van der Waals surface area (Å²) in [6.45, 7) is 3.82. The number of benzene rings is 1. The highest BCUT2D eigenvalue weighted by molar-refractivity contribution is 7.13. The lowest BCUT2D eigenvalue weighted by atomic mass is 10.1. The molecule has 5 aromatic rings. The fourth-order valence-corrected chi connectivity index (χ4v) is 4.63. The van der Waals surface area contributed by atoms with Crippen molar-refractivity contribution in [1.82, 2.24) is 24.7 Å². The fourth-order valence-electron chi connectivity index (χ4n) is 3.94. The molecule has 5 rings (SSSR count). The van der Waals surface area contributed by atoms with Crippen molar-refractivity contribution in [3.05, 3.63) is 81.2 Å². The van der Waals surface area contributed by atoms with Gasteiger partial charge in [-0.05, 0) is 43.0 Å². The molecular weight excluding hydrogens is 448 g/mol. The first kappa shape index (κ1) is 21.7. The van der Waals surface area contributed by atoms with Crippen LogP contribution in [0.4, 0.5) is 5.69 Å². The summed E-state index contributed by atoms with van der Waals surface area (Å²) in [5.74, 6) is 0.206. The van der Waals surface area contributed by atoms with E-state index in [2.05, 4.69) is 20.4 Å². The second kappa shape index (κ2) is 8.68. The summed E-state index contributed by atoms with van der Waals surface area (Å²) >= 11 is 1.57. The van der Waals surface area contributed by atoms with Gasteiger partial charge in [-0.3, -0.25) is 14.3 Å². The SMILES string of the molecule is CCc1cc(=O)[nH]c(-c2cccc(NC(=O)c3cc(-c4cccs4)nc4c3c(C)nn4C)c2)n1. The van der Waals surface area contributed by atoms with Gasteiger partial charge in [-0.2, -0.15) is 5.10 Å². The highest BCUT2D eigenvalue weighted by atomic mass is 32.1. The topological polar surface area (TPSA) is 106 Å². The molecule has 0 aliphatic carbocycles. The zero-order valence-corrected chi connectivity index (χ0v) is 19.7. The lowest BCUT2D eigenvalue weighted by Gasteiger charge is -2.10. The van der Waals surface area contributed by atoms with Gasteiger partial charge in [0.05, 0.1) is 27.2 Å². The summed E-state index contributed by atoms with van der Waals surface area (Å²) in [6, 6.07) is 14.5. The smallest absolute Gasteiger partial charge is 0.256 e. The fraction of sp³-hybridized carbons (Fsp3) is 0.160. The number of aromatic amines is 1. The highest BCUT2D eigenvalue weighted by Gasteiger charge is 2.20. The molecule has 0 aliphatic rings. The zero-order valence-electron chi connectivity index (χ0n) is 18.9. The molecule has 4 heterocycles. The molecule has 0 atom stereocenters. The molecule has 0 radical (unpaired) electrons. The van der Waals surface area contributed by atoms with E-state index in [9.17, 15) is 9.59 Å². The van der Waals surface area contributed by atoms with Gasteiger partial charge in [-0.1, -0.05) is 25.1 Å². The van der Waals surface area contributed by atoms with Crippen LogP contribution in [0.15, 0.2) is 58.7 Å². The van der Waals surface area contributed by atoms with Gasteiger partial charge >= 0.3 is 0 Å². The molecule has 170 valence electrons. The van der Waals surface area contributed by atoms with E-state index >= 15 is 0 Å². The maximum atomic E-state index is 13.5. The van der Waals surface area contributed by atoms with Crippen molar-refractivity contribution in [3.8, 4) is 22.0 Å². The number of amides is 1. The van der Waals surface area contributed by atoms with Crippen LogP contribution in [-0.2, 0) is 13.5 Å². The van der Waals surface area contributed by atoms with E-state index in [1.54, 1.807) is 28.2 Å². The van der Waals surface area contributed by atoms with E-state index in [1.807, 2.05) is 56.6 Å². The number of thiophene rings is 1. The lowest BCUT2D eigenvalue weighted by Crippen LogP contribution is -2.14. The number of hydrogen-bond donors (Lipinski definition) is 2. The van der Waals surface area contributed by atoms with Gasteiger partial charge in [0.15, 0.2) is 5.65 Å². The summed E-state index contributed by atoms with van der Waals surface area (Å²) in [4.78, 5) is 38.5. The van der Waals surface area contributed by atoms with Crippen molar-refractivity contribution in [3.63, 3.8) is 0 Å². The van der Waals surface area contributed by atoms with Crippen LogP contribution in [0.2, 0.25) is 0 Å². The third-order valence-corrected chi connectivity index (χ3v) is 6.43. The molecule has 2 N–H and O–H groups in total. The predicted octanol–water partition coefficient (Wildman–Crippen LogP) is 4.57. The Bertz CT molecular complexity index is 1580. The van der Waals surface area contributed by atoms with Crippen molar-refractivity contribution in [2.45, 2.75) is 20.3 Å². The Morgan fingerprint density at radius 1 is 1.15 bits per heavy atom. The minimum absolute atomic E-state index is 0.205. The van der Waals surface area contributed by atoms with Crippen LogP contribution in [-0.4, -0.2) is 30.6 Å². The Morgan fingerprint density at radius 2 is 2.00 bits per heavy atom. The van der Waals surface area contributed by atoms with Crippen LogP contribution >= 0.6 is 11.3 Å². The number of pyridine rings is 1. The number of nitrogens with zero attached hydrogens (tertiary/aromatic N) is 4. The van der Waals surface area contributed by atoms with Gasteiger partial charge in [-0.15, -0.1) is 11.3 Å². The lowest BCUT2D eigenvalue weighted by molar-refractivity contribution is 0.102. The molecule has 34 heavy (non-hydrogen) atoms. The summed E-state index contributed by atoms with van der Waals surface area (Å²) in [5.41, 5.74) is 4.43. The third-order valence-electron chi connectivity index (χ3n) is 5.54. The third kappa shape index (κ3) is 4.01. The summed E-state index contributed by atoms with van der Waals surface area (Å²) < 4.78 is 1.70. The second-order valence-corrected chi connectivity index (χ2v) is 8.86. The van der Waals surface area contributed by atoms with E-state index in [1.165, 1.54) is 6.07 Å². The molecule has 9 heteroatoms.